The van der Waals surface area contributed by atoms with Crippen LogP contribution in [0.4, 0.5) is 5.82 Å². The fourth-order valence-corrected chi connectivity index (χ4v) is 2.22. The molecular formula is C15H21N3O. The van der Waals surface area contributed by atoms with Crippen molar-refractivity contribution in [1.82, 2.24) is 9.78 Å². The van der Waals surface area contributed by atoms with Gasteiger partial charge in [-0.3, -0.25) is 4.68 Å². The highest BCUT2D eigenvalue weighted by atomic mass is 16.5. The minimum Gasteiger partial charge on any atom is -0.497 e. The highest BCUT2D eigenvalue weighted by molar-refractivity contribution is 5.77. The van der Waals surface area contributed by atoms with Crippen LogP contribution in [0.3, 0.4) is 0 Å². The molecule has 2 N–H and O–H groups in total. The molecule has 0 atom stereocenters. The van der Waals surface area contributed by atoms with E-state index in [0.717, 1.165) is 29.0 Å². The van der Waals surface area contributed by atoms with Crippen molar-refractivity contribution in [2.24, 2.45) is 13.0 Å². The molecule has 0 aliphatic heterocycles. The number of hydrogen-bond donors (Lipinski definition) is 1. The Morgan fingerprint density at radius 2 is 2.11 bits per heavy atom. The Balaban J connectivity index is 2.53. The van der Waals surface area contributed by atoms with Gasteiger partial charge in [-0.2, -0.15) is 5.10 Å². The highest BCUT2D eigenvalue weighted by Crippen LogP contribution is 2.32. The number of nitrogens with two attached hydrogens (primary N) is 1. The maximum absolute atomic E-state index is 6.16. The lowest BCUT2D eigenvalue weighted by molar-refractivity contribution is 0.415. The van der Waals surface area contributed by atoms with Crippen LogP contribution in [0.25, 0.3) is 11.1 Å². The number of nitrogen functional groups attached to an aromatic ring is 1. The first kappa shape index (κ1) is 13.5. The summed E-state index contributed by atoms with van der Waals surface area (Å²) in [6.45, 7) is 4.36. The van der Waals surface area contributed by atoms with E-state index in [1.165, 1.54) is 0 Å². The number of rotatable bonds is 4. The van der Waals surface area contributed by atoms with Crippen molar-refractivity contribution in [3.8, 4) is 16.9 Å². The Morgan fingerprint density at radius 1 is 1.37 bits per heavy atom. The summed E-state index contributed by atoms with van der Waals surface area (Å²) in [5.41, 5.74) is 9.29. The van der Waals surface area contributed by atoms with Gasteiger partial charge in [0, 0.05) is 12.6 Å². The van der Waals surface area contributed by atoms with Crippen LogP contribution in [-0.2, 0) is 13.5 Å². The van der Waals surface area contributed by atoms with Crippen molar-refractivity contribution in [1.29, 1.82) is 0 Å². The van der Waals surface area contributed by atoms with Gasteiger partial charge in [-0.25, -0.2) is 0 Å². The molecule has 1 heterocycles. The number of hydrogen-bond acceptors (Lipinski definition) is 3. The van der Waals surface area contributed by atoms with Crippen molar-refractivity contribution in [3.05, 3.63) is 30.0 Å². The van der Waals surface area contributed by atoms with Gasteiger partial charge < -0.3 is 10.5 Å². The third kappa shape index (κ3) is 2.72. The first-order chi connectivity index (χ1) is 9.02. The molecule has 0 amide bonds. The van der Waals surface area contributed by atoms with Gasteiger partial charge in [0.05, 0.1) is 12.8 Å². The molecule has 0 fully saturated rings. The van der Waals surface area contributed by atoms with Crippen molar-refractivity contribution in [3.63, 3.8) is 0 Å². The normalized spacial score (nSPS) is 11.0. The van der Waals surface area contributed by atoms with Crippen molar-refractivity contribution in [2.45, 2.75) is 20.3 Å². The Morgan fingerprint density at radius 3 is 2.74 bits per heavy atom. The van der Waals surface area contributed by atoms with Crippen LogP contribution in [-0.4, -0.2) is 16.9 Å². The quantitative estimate of drug-likeness (QED) is 0.918. The lowest BCUT2D eigenvalue weighted by Crippen LogP contribution is -1.98. The topological polar surface area (TPSA) is 53.1 Å². The monoisotopic (exact) mass is 259 g/mol. The van der Waals surface area contributed by atoms with Crippen LogP contribution >= 0.6 is 0 Å². The molecule has 102 valence electrons. The molecule has 19 heavy (non-hydrogen) atoms. The molecule has 0 bridgehead atoms. The van der Waals surface area contributed by atoms with E-state index in [4.69, 9.17) is 10.5 Å². The van der Waals surface area contributed by atoms with Gasteiger partial charge >= 0.3 is 0 Å². The number of ether oxygens (including phenoxy) is 1. The summed E-state index contributed by atoms with van der Waals surface area (Å²) >= 11 is 0. The second-order valence-electron chi connectivity index (χ2n) is 5.16. The average molecular weight is 259 g/mol. The number of aromatic nitrogens is 2. The molecule has 4 heteroatoms. The zero-order valence-corrected chi connectivity index (χ0v) is 12.0. The number of nitrogens with zero attached hydrogens (tertiary/aromatic N) is 2. The van der Waals surface area contributed by atoms with Crippen LogP contribution in [0.2, 0.25) is 0 Å². The molecule has 0 aliphatic rings. The summed E-state index contributed by atoms with van der Waals surface area (Å²) in [7, 11) is 3.55. The maximum Gasteiger partial charge on any atom is 0.129 e. The first-order valence-electron chi connectivity index (χ1n) is 6.48. The van der Waals surface area contributed by atoms with Crippen LogP contribution in [0.5, 0.6) is 5.75 Å². The first-order valence-corrected chi connectivity index (χ1v) is 6.48. The second kappa shape index (κ2) is 5.34. The number of aryl methyl sites for hydroxylation is 1. The van der Waals surface area contributed by atoms with Gasteiger partial charge in [-0.15, -0.1) is 0 Å². The predicted molar refractivity (Wildman–Crippen MR) is 78.2 cm³/mol. The van der Waals surface area contributed by atoms with E-state index < -0.39 is 0 Å². The number of methoxy groups -OCH3 is 1. The summed E-state index contributed by atoms with van der Waals surface area (Å²) in [6.07, 6.45) is 0.914. The molecular weight excluding hydrogens is 238 g/mol. The third-order valence-corrected chi connectivity index (χ3v) is 3.12. The van der Waals surface area contributed by atoms with E-state index in [9.17, 15) is 0 Å². The molecule has 0 saturated carbocycles. The summed E-state index contributed by atoms with van der Waals surface area (Å²) in [5, 5.41) is 4.53. The van der Waals surface area contributed by atoms with Crippen molar-refractivity contribution < 1.29 is 4.74 Å². The SMILES string of the molecule is COc1cccc(-c2c(CC(C)C)nn(C)c2N)c1. The van der Waals surface area contributed by atoms with Crippen LogP contribution in [0, 0.1) is 5.92 Å². The molecule has 4 nitrogen and oxygen atoms in total. The van der Waals surface area contributed by atoms with E-state index in [-0.39, 0.29) is 0 Å². The van der Waals surface area contributed by atoms with Gasteiger partial charge in [0.1, 0.15) is 11.6 Å². The highest BCUT2D eigenvalue weighted by Gasteiger charge is 2.16. The molecule has 1 aromatic carbocycles. The van der Waals surface area contributed by atoms with Gasteiger partial charge in [0.2, 0.25) is 0 Å². The summed E-state index contributed by atoms with van der Waals surface area (Å²) in [4.78, 5) is 0. The van der Waals surface area contributed by atoms with Crippen LogP contribution < -0.4 is 10.5 Å². The predicted octanol–water partition coefficient (Wildman–Crippen LogP) is 2.88. The third-order valence-electron chi connectivity index (χ3n) is 3.12. The molecule has 0 saturated heterocycles. The van der Waals surface area contributed by atoms with E-state index in [2.05, 4.69) is 18.9 Å². The van der Waals surface area contributed by atoms with E-state index in [1.54, 1.807) is 11.8 Å². The molecule has 0 unspecified atom stereocenters. The Labute approximate surface area is 114 Å². The molecule has 0 aliphatic carbocycles. The van der Waals surface area contributed by atoms with E-state index >= 15 is 0 Å². The molecule has 2 rings (SSSR count). The van der Waals surface area contributed by atoms with Gasteiger partial charge in [-0.05, 0) is 30.0 Å². The molecule has 0 radical (unpaired) electrons. The Kier molecular flexibility index (Phi) is 3.79. The Hall–Kier alpha value is -1.97. The van der Waals surface area contributed by atoms with Crippen molar-refractivity contribution >= 4 is 5.82 Å². The standard InChI is InChI=1S/C15H21N3O/c1-10(2)8-13-14(15(16)18(3)17-13)11-6-5-7-12(9-11)19-4/h5-7,9-10H,8,16H2,1-4H3. The largest absolute Gasteiger partial charge is 0.497 e. The minimum absolute atomic E-state index is 0.540. The van der Waals surface area contributed by atoms with Gasteiger partial charge in [0.15, 0.2) is 0 Å². The lowest BCUT2D eigenvalue weighted by atomic mass is 9.99. The smallest absolute Gasteiger partial charge is 0.129 e. The van der Waals surface area contributed by atoms with E-state index in [0.29, 0.717) is 11.7 Å². The zero-order valence-electron chi connectivity index (χ0n) is 12.0. The van der Waals surface area contributed by atoms with Gasteiger partial charge in [0.25, 0.3) is 0 Å². The van der Waals surface area contributed by atoms with E-state index in [1.807, 2.05) is 31.3 Å². The minimum atomic E-state index is 0.540. The van der Waals surface area contributed by atoms with Crippen LogP contribution in [0.1, 0.15) is 19.5 Å². The maximum atomic E-state index is 6.16. The van der Waals surface area contributed by atoms with Crippen LogP contribution in [0.15, 0.2) is 24.3 Å². The van der Waals surface area contributed by atoms with Gasteiger partial charge in [-0.1, -0.05) is 26.0 Å². The zero-order chi connectivity index (χ0) is 14.0. The molecule has 2 aromatic rings. The average Bonchev–Trinajstić information content (AvgIpc) is 2.64. The number of benzene rings is 1. The summed E-state index contributed by atoms with van der Waals surface area (Å²) in [5.74, 6) is 2.07. The molecule has 1 aromatic heterocycles. The number of anilines is 1. The Bertz CT molecular complexity index is 573. The summed E-state index contributed by atoms with van der Waals surface area (Å²) < 4.78 is 7.02. The fourth-order valence-electron chi connectivity index (χ4n) is 2.22. The molecule has 0 spiro atoms. The lowest BCUT2D eigenvalue weighted by Gasteiger charge is -2.07. The van der Waals surface area contributed by atoms with Crippen molar-refractivity contribution in [2.75, 3.05) is 12.8 Å². The fraction of sp³-hybridized carbons (Fsp3) is 0.400. The summed E-state index contributed by atoms with van der Waals surface area (Å²) in [6, 6.07) is 7.94. The second-order valence-corrected chi connectivity index (χ2v) is 5.16.